The number of carbonyl (C=O) groups excluding carboxylic acids is 1. The summed E-state index contributed by atoms with van der Waals surface area (Å²) in [5.41, 5.74) is 0.871. The average Bonchev–Trinajstić information content (AvgIpc) is 3.42. The highest BCUT2D eigenvalue weighted by atomic mass is 32.1. The number of hydrogen-bond donors (Lipinski definition) is 1. The molecule has 0 bridgehead atoms. The number of methoxy groups -OCH3 is 1. The van der Waals surface area contributed by atoms with Crippen molar-refractivity contribution in [1.82, 2.24) is 14.8 Å². The van der Waals surface area contributed by atoms with E-state index in [1.54, 1.807) is 7.11 Å². The Morgan fingerprint density at radius 1 is 1.21 bits per heavy atom. The van der Waals surface area contributed by atoms with Crippen LogP contribution in [0.5, 0.6) is 5.75 Å². The van der Waals surface area contributed by atoms with Gasteiger partial charge in [0.2, 0.25) is 11.0 Å². The molecule has 3 heterocycles. The van der Waals surface area contributed by atoms with Crippen LogP contribution in [-0.2, 0) is 21.5 Å². The third-order valence-corrected chi connectivity index (χ3v) is 6.13. The molecule has 1 amide bonds. The minimum Gasteiger partial charge on any atom is -0.497 e. The van der Waals surface area contributed by atoms with Crippen molar-refractivity contribution in [3.8, 4) is 5.75 Å². The van der Waals surface area contributed by atoms with Gasteiger partial charge < -0.3 is 19.4 Å². The minimum atomic E-state index is -0.248. The lowest BCUT2D eigenvalue weighted by molar-refractivity contribution is -0.119. The summed E-state index contributed by atoms with van der Waals surface area (Å²) < 4.78 is 12.8. The first-order valence-corrected chi connectivity index (χ1v) is 10.4. The average molecular weight is 413 g/mol. The van der Waals surface area contributed by atoms with Crippen molar-refractivity contribution in [2.75, 3.05) is 25.6 Å². The van der Waals surface area contributed by atoms with E-state index in [2.05, 4.69) is 20.1 Å². The molecule has 0 atom stereocenters. The highest BCUT2D eigenvalue weighted by molar-refractivity contribution is 7.15. The molecule has 7 nitrogen and oxygen atoms in total. The molecule has 1 fully saturated rings. The fourth-order valence-corrected chi connectivity index (χ4v) is 4.47. The maximum absolute atomic E-state index is 12.8. The molecule has 0 unspecified atom stereocenters. The molecule has 1 N–H and O–H groups in total. The lowest BCUT2D eigenvalue weighted by Gasteiger charge is -2.38. The number of rotatable bonds is 7. The molecule has 2 aromatic heterocycles. The molecule has 3 aromatic rings. The molecule has 0 saturated carbocycles. The van der Waals surface area contributed by atoms with Gasteiger partial charge in [-0.15, -0.1) is 10.2 Å². The standard InChI is InChI=1S/C21H24N4O3S/c1-27-17-6-4-16(5-7-17)14-19-23-24-20(29-19)22-18(26)15-21(8-12-28-13-9-21)25-10-2-3-11-25/h2-7,10-11H,8-9,12-15H2,1H3,(H,22,24,26). The molecule has 1 aliphatic rings. The van der Waals surface area contributed by atoms with E-state index in [1.807, 2.05) is 48.8 Å². The highest BCUT2D eigenvalue weighted by Gasteiger charge is 2.36. The summed E-state index contributed by atoms with van der Waals surface area (Å²) >= 11 is 1.41. The maximum Gasteiger partial charge on any atom is 0.228 e. The lowest BCUT2D eigenvalue weighted by Crippen LogP contribution is -2.42. The zero-order valence-corrected chi connectivity index (χ0v) is 17.2. The molecular formula is C21H24N4O3S. The third kappa shape index (κ3) is 4.65. The predicted octanol–water partition coefficient (Wildman–Crippen LogP) is 3.47. The Morgan fingerprint density at radius 3 is 2.62 bits per heavy atom. The van der Waals surface area contributed by atoms with Gasteiger partial charge in [0.25, 0.3) is 0 Å². The topological polar surface area (TPSA) is 78.3 Å². The molecule has 1 saturated heterocycles. The first-order chi connectivity index (χ1) is 14.2. The monoisotopic (exact) mass is 412 g/mol. The lowest BCUT2D eigenvalue weighted by atomic mass is 9.86. The van der Waals surface area contributed by atoms with Gasteiger partial charge in [-0.2, -0.15) is 0 Å². The van der Waals surface area contributed by atoms with Gasteiger partial charge in [-0.25, -0.2) is 0 Å². The van der Waals surface area contributed by atoms with Crippen LogP contribution in [-0.4, -0.2) is 41.0 Å². The van der Waals surface area contributed by atoms with Crippen LogP contribution >= 0.6 is 11.3 Å². The van der Waals surface area contributed by atoms with Gasteiger partial charge in [0, 0.05) is 32.0 Å². The van der Waals surface area contributed by atoms with E-state index in [0.717, 1.165) is 29.2 Å². The molecular weight excluding hydrogens is 388 g/mol. The van der Waals surface area contributed by atoms with Crippen molar-refractivity contribution in [3.63, 3.8) is 0 Å². The second-order valence-corrected chi connectivity index (χ2v) is 8.24. The Labute approximate surface area is 173 Å². The smallest absolute Gasteiger partial charge is 0.228 e. The molecule has 29 heavy (non-hydrogen) atoms. The molecule has 4 rings (SSSR count). The Bertz CT molecular complexity index is 931. The fourth-order valence-electron chi connectivity index (χ4n) is 3.68. The normalized spacial score (nSPS) is 15.8. The number of hydrogen-bond acceptors (Lipinski definition) is 6. The molecule has 8 heteroatoms. The quantitative estimate of drug-likeness (QED) is 0.643. The fraction of sp³-hybridized carbons (Fsp3) is 0.381. The van der Waals surface area contributed by atoms with E-state index < -0.39 is 0 Å². The highest BCUT2D eigenvalue weighted by Crippen LogP contribution is 2.33. The summed E-state index contributed by atoms with van der Waals surface area (Å²) in [5.74, 6) is 0.774. The van der Waals surface area contributed by atoms with Crippen LogP contribution in [0.2, 0.25) is 0 Å². The largest absolute Gasteiger partial charge is 0.497 e. The van der Waals surface area contributed by atoms with Crippen LogP contribution in [0.1, 0.15) is 29.8 Å². The number of nitrogens with one attached hydrogen (secondary N) is 1. The van der Waals surface area contributed by atoms with E-state index in [1.165, 1.54) is 11.3 Å². The molecule has 152 valence electrons. The number of amides is 1. The second kappa shape index (κ2) is 8.75. The molecule has 0 spiro atoms. The van der Waals surface area contributed by atoms with Crippen molar-refractivity contribution in [3.05, 3.63) is 59.4 Å². The van der Waals surface area contributed by atoms with E-state index in [-0.39, 0.29) is 11.4 Å². The number of ether oxygens (including phenoxy) is 2. The molecule has 1 aliphatic heterocycles. The van der Waals surface area contributed by atoms with Crippen molar-refractivity contribution < 1.29 is 14.3 Å². The third-order valence-electron chi connectivity index (χ3n) is 5.29. The van der Waals surface area contributed by atoms with Crippen molar-refractivity contribution in [2.24, 2.45) is 0 Å². The van der Waals surface area contributed by atoms with Gasteiger partial charge in [0.15, 0.2) is 0 Å². The van der Waals surface area contributed by atoms with E-state index in [0.29, 0.717) is 31.2 Å². The summed E-state index contributed by atoms with van der Waals surface area (Å²) in [4.78, 5) is 12.8. The van der Waals surface area contributed by atoms with Gasteiger partial charge in [-0.3, -0.25) is 4.79 Å². The molecule has 0 aliphatic carbocycles. The zero-order chi connectivity index (χ0) is 20.1. The van der Waals surface area contributed by atoms with Crippen LogP contribution in [0, 0.1) is 0 Å². The summed E-state index contributed by atoms with van der Waals surface area (Å²) in [6.45, 7) is 1.33. The van der Waals surface area contributed by atoms with Crippen LogP contribution in [0.4, 0.5) is 5.13 Å². The Hall–Kier alpha value is -2.71. The van der Waals surface area contributed by atoms with Gasteiger partial charge in [-0.1, -0.05) is 23.5 Å². The molecule has 0 radical (unpaired) electrons. The van der Waals surface area contributed by atoms with Crippen LogP contribution < -0.4 is 10.1 Å². The zero-order valence-electron chi connectivity index (χ0n) is 16.3. The number of aromatic nitrogens is 3. The van der Waals surface area contributed by atoms with E-state index in [4.69, 9.17) is 9.47 Å². The number of benzene rings is 1. The van der Waals surface area contributed by atoms with Gasteiger partial charge in [0.1, 0.15) is 10.8 Å². The summed E-state index contributed by atoms with van der Waals surface area (Å²) in [6.07, 6.45) is 6.73. The number of nitrogens with zero attached hydrogens (tertiary/aromatic N) is 3. The summed E-state index contributed by atoms with van der Waals surface area (Å²) in [6, 6.07) is 11.8. The Balaban J connectivity index is 1.39. The second-order valence-electron chi connectivity index (χ2n) is 7.18. The van der Waals surface area contributed by atoms with Gasteiger partial charge in [-0.05, 0) is 42.7 Å². The minimum absolute atomic E-state index is 0.0484. The van der Waals surface area contributed by atoms with Crippen LogP contribution in [0.25, 0.3) is 0 Å². The summed E-state index contributed by atoms with van der Waals surface area (Å²) in [7, 11) is 1.65. The van der Waals surface area contributed by atoms with Crippen molar-refractivity contribution >= 4 is 22.4 Å². The van der Waals surface area contributed by atoms with E-state index >= 15 is 0 Å². The first kappa shape index (κ1) is 19.6. The predicted molar refractivity (Wildman–Crippen MR) is 111 cm³/mol. The van der Waals surface area contributed by atoms with Crippen molar-refractivity contribution in [1.29, 1.82) is 0 Å². The van der Waals surface area contributed by atoms with Crippen molar-refractivity contribution in [2.45, 2.75) is 31.2 Å². The van der Waals surface area contributed by atoms with Crippen LogP contribution in [0.3, 0.4) is 0 Å². The Kier molecular flexibility index (Phi) is 5.92. The number of carbonyl (C=O) groups is 1. The summed E-state index contributed by atoms with van der Waals surface area (Å²) in [5, 5.41) is 12.7. The van der Waals surface area contributed by atoms with Crippen LogP contribution in [0.15, 0.2) is 48.8 Å². The molecule has 1 aromatic carbocycles. The SMILES string of the molecule is COc1ccc(Cc2nnc(NC(=O)CC3(n4cccc4)CCOCC3)s2)cc1. The van der Waals surface area contributed by atoms with Gasteiger partial charge >= 0.3 is 0 Å². The van der Waals surface area contributed by atoms with E-state index in [9.17, 15) is 4.79 Å². The van der Waals surface area contributed by atoms with Gasteiger partial charge in [0.05, 0.1) is 19.1 Å². The Morgan fingerprint density at radius 2 is 1.93 bits per heavy atom. The number of anilines is 1. The maximum atomic E-state index is 12.8. The first-order valence-electron chi connectivity index (χ1n) is 9.63.